The van der Waals surface area contributed by atoms with Gasteiger partial charge in [-0.15, -0.1) is 0 Å². The molecule has 8 unspecified atom stereocenters. The molecule has 2 aromatic rings. The van der Waals surface area contributed by atoms with Crippen molar-refractivity contribution in [3.05, 3.63) is 76.9 Å². The molecule has 18 heteroatoms. The predicted octanol–water partition coefficient (Wildman–Crippen LogP) is 3.47. The first-order chi connectivity index (χ1) is 29.4. The van der Waals surface area contributed by atoms with E-state index in [-0.39, 0.29) is 32.4 Å². The van der Waals surface area contributed by atoms with Gasteiger partial charge in [0.05, 0.1) is 19.2 Å². The average Bonchev–Trinajstić information content (AvgIpc) is 4.00. The Morgan fingerprint density at radius 1 is 1.03 bits per heavy atom. The minimum Gasteiger partial charge on any atom is -0.460 e. The summed E-state index contributed by atoms with van der Waals surface area (Å²) in [7, 11) is 0. The second kappa shape index (κ2) is 16.7. The highest BCUT2D eigenvalue weighted by molar-refractivity contribution is 5.96. The minimum atomic E-state index is -4.68. The van der Waals surface area contributed by atoms with Crippen molar-refractivity contribution < 1.29 is 70.8 Å². The summed E-state index contributed by atoms with van der Waals surface area (Å²) >= 11 is 0. The van der Waals surface area contributed by atoms with E-state index in [2.05, 4.69) is 10.1 Å². The summed E-state index contributed by atoms with van der Waals surface area (Å²) in [4.78, 5) is 76.4. The van der Waals surface area contributed by atoms with Gasteiger partial charge in [-0.3, -0.25) is 24.0 Å². The standard InChI is InChI=1S/C44H50F3N3O12/c1-41(2,3)59-33(53)16-14-29(23-51)48-38(54)30-12-7-17-49(30)40(56)43-21-31-34-35(61-42(60-34)19-27-10-4-5-11-28(27)20-42)37(43)62-50(36(43)39(55)58-31)22-26-9-6-8-25(18-26)13-15-32(52)57-24-44(45,46)47/h4-6,8-11,13,15,18,29-31,34-37,51H,7,12,14,16-17,19-24H2,1-3H3,(H,48,54). The van der Waals surface area contributed by atoms with E-state index < -0.39 is 108 Å². The molecular weight excluding hydrogens is 819 g/mol. The first kappa shape index (κ1) is 43.8. The largest absolute Gasteiger partial charge is 0.460 e. The number of alkyl halides is 3. The van der Waals surface area contributed by atoms with E-state index in [1.165, 1.54) is 16.0 Å². The Hall–Kier alpha value is -4.88. The van der Waals surface area contributed by atoms with E-state index in [0.717, 1.165) is 17.2 Å². The highest BCUT2D eigenvalue weighted by atomic mass is 19.4. The molecule has 1 spiro atoms. The fourth-order valence-electron chi connectivity index (χ4n) is 9.82. The fourth-order valence-corrected chi connectivity index (χ4v) is 9.82. The SMILES string of the molecule is CC(C)(C)OC(=O)CCC(CO)NC(=O)C1CCCN1C(=O)C12CC3OC(=O)C1N(Cc1cccc(C=CC(=O)OCC(F)(F)F)c1)OC2C1OC2(Cc4ccccc4C2)OC31. The van der Waals surface area contributed by atoms with E-state index in [9.17, 15) is 37.5 Å². The number of hydrogen-bond acceptors (Lipinski definition) is 13. The van der Waals surface area contributed by atoms with Crippen LogP contribution in [0.2, 0.25) is 0 Å². The lowest BCUT2D eigenvalue weighted by Gasteiger charge is -2.50. The van der Waals surface area contributed by atoms with Crippen LogP contribution in [0.5, 0.6) is 0 Å². The average molecular weight is 870 g/mol. The van der Waals surface area contributed by atoms with Gasteiger partial charge in [0, 0.05) is 38.3 Å². The Bertz CT molecular complexity index is 2100. The van der Waals surface area contributed by atoms with Gasteiger partial charge in [-0.1, -0.05) is 48.5 Å². The van der Waals surface area contributed by atoms with Crippen LogP contribution in [-0.4, -0.2) is 125 Å². The Morgan fingerprint density at radius 2 is 1.76 bits per heavy atom. The molecule has 5 fully saturated rings. The van der Waals surface area contributed by atoms with Crippen LogP contribution < -0.4 is 5.32 Å². The van der Waals surface area contributed by atoms with Gasteiger partial charge in [-0.05, 0) is 68.4 Å². The topological polar surface area (TPSA) is 179 Å². The van der Waals surface area contributed by atoms with Crippen molar-refractivity contribution in [2.75, 3.05) is 19.8 Å². The molecule has 0 radical (unpaired) electrons. The molecule has 1 saturated carbocycles. The van der Waals surface area contributed by atoms with Gasteiger partial charge in [-0.25, -0.2) is 4.79 Å². The normalized spacial score (nSPS) is 29.0. The molecule has 8 rings (SSSR count). The summed E-state index contributed by atoms with van der Waals surface area (Å²) in [5.41, 5.74) is 0.790. The van der Waals surface area contributed by atoms with Crippen molar-refractivity contribution in [1.29, 1.82) is 0 Å². The number of fused-ring (bicyclic) bond motifs is 5. The quantitative estimate of drug-likeness (QED) is 0.180. The lowest BCUT2D eigenvalue weighted by molar-refractivity contribution is -0.218. The zero-order chi connectivity index (χ0) is 44.2. The number of nitrogens with one attached hydrogen (secondary N) is 1. The number of aliphatic hydroxyl groups is 1. The maximum absolute atomic E-state index is 15.5. The summed E-state index contributed by atoms with van der Waals surface area (Å²) in [6.45, 7) is 3.17. The molecule has 62 heavy (non-hydrogen) atoms. The fraction of sp³-hybridized carbons (Fsp3) is 0.568. The van der Waals surface area contributed by atoms with Crippen LogP contribution in [-0.2, 0) is 71.9 Å². The first-order valence-electron chi connectivity index (χ1n) is 20.9. The minimum absolute atomic E-state index is 0.0137. The molecule has 8 atom stereocenters. The zero-order valence-corrected chi connectivity index (χ0v) is 34.6. The Kier molecular flexibility index (Phi) is 11.8. The van der Waals surface area contributed by atoms with Gasteiger partial charge in [0.2, 0.25) is 11.8 Å². The maximum Gasteiger partial charge on any atom is 0.422 e. The third-order valence-electron chi connectivity index (χ3n) is 12.3. The zero-order valence-electron chi connectivity index (χ0n) is 34.6. The Morgan fingerprint density at radius 3 is 2.45 bits per heavy atom. The number of hydrogen-bond donors (Lipinski definition) is 2. The van der Waals surface area contributed by atoms with Gasteiger partial charge in [0.1, 0.15) is 41.5 Å². The highest BCUT2D eigenvalue weighted by Crippen LogP contribution is 2.59. The maximum atomic E-state index is 15.5. The molecule has 0 aromatic heterocycles. The van der Waals surface area contributed by atoms with E-state index in [1.807, 2.05) is 24.3 Å². The van der Waals surface area contributed by atoms with Gasteiger partial charge >= 0.3 is 24.1 Å². The van der Waals surface area contributed by atoms with Crippen molar-refractivity contribution in [3.8, 4) is 0 Å². The number of esters is 3. The van der Waals surface area contributed by atoms with Crippen LogP contribution in [0.3, 0.4) is 0 Å². The monoisotopic (exact) mass is 869 g/mol. The molecule has 15 nitrogen and oxygen atoms in total. The molecule has 2 aromatic carbocycles. The number of carbonyl (C=O) groups excluding carboxylic acids is 5. The number of aliphatic hydroxyl groups excluding tert-OH is 1. The summed E-state index contributed by atoms with van der Waals surface area (Å²) in [5.74, 6) is -4.49. The Labute approximate surface area is 355 Å². The number of halogens is 3. The smallest absolute Gasteiger partial charge is 0.422 e. The molecule has 4 aliphatic heterocycles. The number of hydroxylamine groups is 2. The van der Waals surface area contributed by atoms with Crippen molar-refractivity contribution in [2.24, 2.45) is 5.41 Å². The summed E-state index contributed by atoms with van der Waals surface area (Å²) in [6, 6.07) is 11.5. The molecule has 2 bridgehead atoms. The van der Waals surface area contributed by atoms with Crippen LogP contribution in [0, 0.1) is 5.41 Å². The molecule has 4 heterocycles. The van der Waals surface area contributed by atoms with Crippen LogP contribution in [0.4, 0.5) is 13.2 Å². The van der Waals surface area contributed by atoms with Crippen LogP contribution in [0.1, 0.15) is 75.1 Å². The van der Waals surface area contributed by atoms with Crippen LogP contribution in [0.15, 0.2) is 54.6 Å². The first-order valence-corrected chi connectivity index (χ1v) is 20.9. The molecule has 334 valence electrons. The van der Waals surface area contributed by atoms with E-state index in [4.69, 9.17) is 23.8 Å². The number of amides is 2. The summed E-state index contributed by atoms with van der Waals surface area (Å²) in [5, 5.41) is 14.4. The molecular formula is C44H50F3N3O12. The van der Waals surface area contributed by atoms with Crippen LogP contribution >= 0.6 is 0 Å². The van der Waals surface area contributed by atoms with E-state index in [0.29, 0.717) is 36.8 Å². The van der Waals surface area contributed by atoms with Gasteiger partial charge in [-0.2, -0.15) is 18.2 Å². The van der Waals surface area contributed by atoms with Crippen molar-refractivity contribution in [1.82, 2.24) is 15.3 Å². The van der Waals surface area contributed by atoms with Crippen molar-refractivity contribution >= 4 is 35.8 Å². The number of benzene rings is 2. The Balaban J connectivity index is 1.07. The lowest BCUT2D eigenvalue weighted by Crippen LogP contribution is -2.70. The number of ether oxygens (including phenoxy) is 5. The predicted molar refractivity (Wildman–Crippen MR) is 209 cm³/mol. The molecule has 4 saturated heterocycles. The van der Waals surface area contributed by atoms with Crippen molar-refractivity contribution in [2.45, 2.75) is 132 Å². The van der Waals surface area contributed by atoms with Gasteiger partial charge in [0.25, 0.3) is 0 Å². The van der Waals surface area contributed by atoms with Gasteiger partial charge < -0.3 is 39.0 Å². The highest BCUT2D eigenvalue weighted by Gasteiger charge is 2.77. The third-order valence-corrected chi connectivity index (χ3v) is 12.3. The second-order valence-corrected chi connectivity index (χ2v) is 17.9. The van der Waals surface area contributed by atoms with Crippen LogP contribution in [0.25, 0.3) is 6.08 Å². The third kappa shape index (κ3) is 8.71. The molecule has 6 aliphatic rings. The summed E-state index contributed by atoms with van der Waals surface area (Å²) in [6.07, 6.45) is -4.40. The molecule has 2 amide bonds. The van der Waals surface area contributed by atoms with Gasteiger partial charge in [0.15, 0.2) is 18.4 Å². The number of rotatable bonds is 12. The number of nitrogens with zero attached hydrogens (tertiary/aromatic N) is 2. The summed E-state index contributed by atoms with van der Waals surface area (Å²) < 4.78 is 67.0. The molecule has 2 N–H and O–H groups in total. The molecule has 2 aliphatic carbocycles. The number of carbonyl (C=O) groups is 5. The lowest BCUT2D eigenvalue weighted by atomic mass is 9.62. The second-order valence-electron chi connectivity index (χ2n) is 17.9. The van der Waals surface area contributed by atoms with E-state index >= 15 is 4.79 Å². The van der Waals surface area contributed by atoms with Crippen molar-refractivity contribution in [3.63, 3.8) is 0 Å². The van der Waals surface area contributed by atoms with E-state index in [1.54, 1.807) is 45.0 Å². The number of likely N-dealkylation sites (tertiary alicyclic amines) is 1.